The lowest BCUT2D eigenvalue weighted by atomic mass is 10.2. The van der Waals surface area contributed by atoms with E-state index in [-0.39, 0.29) is 17.2 Å². The molecule has 0 heterocycles. The quantitative estimate of drug-likeness (QED) is 0.303. The fourth-order valence-electron chi connectivity index (χ4n) is 2.74. The van der Waals surface area contributed by atoms with Crippen LogP contribution < -0.4 is 20.2 Å². The molecule has 0 aliphatic rings. The topological polar surface area (TPSA) is 89.0 Å². The van der Waals surface area contributed by atoms with Crippen molar-refractivity contribution in [1.29, 1.82) is 0 Å². The van der Waals surface area contributed by atoms with Crippen molar-refractivity contribution >= 4 is 35.3 Å². The Morgan fingerprint density at radius 2 is 1.82 bits per heavy atom. The molecule has 2 N–H and O–H groups in total. The number of hydrogen-bond donors (Lipinski definition) is 2. The summed E-state index contributed by atoms with van der Waals surface area (Å²) in [6, 6.07) is 16.3. The van der Waals surface area contributed by atoms with Crippen LogP contribution in [0.5, 0.6) is 11.5 Å². The van der Waals surface area contributed by atoms with E-state index in [4.69, 9.17) is 21.1 Å². The van der Waals surface area contributed by atoms with Gasteiger partial charge in [0.25, 0.3) is 0 Å². The van der Waals surface area contributed by atoms with Gasteiger partial charge in [0.15, 0.2) is 11.5 Å². The van der Waals surface area contributed by atoms with Crippen LogP contribution in [0.15, 0.2) is 65.8 Å². The van der Waals surface area contributed by atoms with E-state index < -0.39 is 17.6 Å². The van der Waals surface area contributed by atoms with E-state index in [9.17, 15) is 14.0 Å². The first-order chi connectivity index (χ1) is 15.9. The predicted molar refractivity (Wildman–Crippen MR) is 124 cm³/mol. The van der Waals surface area contributed by atoms with E-state index in [2.05, 4.69) is 15.8 Å². The Bertz CT molecular complexity index is 1160. The van der Waals surface area contributed by atoms with Gasteiger partial charge < -0.3 is 14.8 Å². The minimum atomic E-state index is -0.916. The molecule has 0 spiro atoms. The highest BCUT2D eigenvalue weighted by molar-refractivity contribution is 6.39. The third-order valence-electron chi connectivity index (χ3n) is 4.52. The summed E-state index contributed by atoms with van der Waals surface area (Å²) in [4.78, 5) is 23.9. The number of hydrogen-bond acceptors (Lipinski definition) is 5. The van der Waals surface area contributed by atoms with Gasteiger partial charge in [0.2, 0.25) is 0 Å². The standard InChI is InChI=1S/C24H21ClFN3O4/c1-15-6-9-17(10-7-15)28-23(30)24(31)29-27-13-16-8-11-21(22(12-16)32-2)33-14-18-19(25)4-3-5-20(18)26/h3-13H,14H2,1-2H3,(H,28,30)(H,29,31)/b27-13+. The highest BCUT2D eigenvalue weighted by Gasteiger charge is 2.13. The molecule has 0 saturated carbocycles. The number of halogens is 2. The zero-order valence-corrected chi connectivity index (χ0v) is 18.7. The molecule has 0 bridgehead atoms. The zero-order chi connectivity index (χ0) is 23.8. The number of amides is 2. The lowest BCUT2D eigenvalue weighted by molar-refractivity contribution is -0.136. The number of rotatable bonds is 7. The fraction of sp³-hybridized carbons (Fsp3) is 0.125. The van der Waals surface area contributed by atoms with Gasteiger partial charge in [0.05, 0.1) is 18.3 Å². The predicted octanol–water partition coefficient (Wildman–Crippen LogP) is 4.46. The van der Waals surface area contributed by atoms with Gasteiger partial charge >= 0.3 is 11.8 Å². The third kappa shape index (κ3) is 6.54. The zero-order valence-electron chi connectivity index (χ0n) is 17.9. The van der Waals surface area contributed by atoms with Crippen LogP contribution in [-0.4, -0.2) is 25.1 Å². The van der Waals surface area contributed by atoms with Gasteiger partial charge in [-0.25, -0.2) is 9.82 Å². The van der Waals surface area contributed by atoms with Crippen LogP contribution in [0.4, 0.5) is 10.1 Å². The number of benzene rings is 3. The Morgan fingerprint density at radius 3 is 2.52 bits per heavy atom. The molecule has 0 atom stereocenters. The minimum absolute atomic E-state index is 0.0819. The van der Waals surface area contributed by atoms with Crippen LogP contribution >= 0.6 is 11.6 Å². The van der Waals surface area contributed by atoms with Crippen LogP contribution in [0.2, 0.25) is 5.02 Å². The van der Waals surface area contributed by atoms with Crippen molar-refractivity contribution in [3.8, 4) is 11.5 Å². The van der Waals surface area contributed by atoms with Crippen molar-refractivity contribution in [1.82, 2.24) is 5.43 Å². The van der Waals surface area contributed by atoms with E-state index in [0.717, 1.165) is 5.56 Å². The van der Waals surface area contributed by atoms with Gasteiger partial charge in [-0.3, -0.25) is 9.59 Å². The molecule has 2 amide bonds. The normalized spacial score (nSPS) is 10.7. The summed E-state index contributed by atoms with van der Waals surface area (Å²) in [6.07, 6.45) is 1.34. The Labute approximate surface area is 195 Å². The Morgan fingerprint density at radius 1 is 1.06 bits per heavy atom. The Balaban J connectivity index is 1.59. The molecule has 170 valence electrons. The van der Waals surface area contributed by atoms with Crippen LogP contribution in [0.25, 0.3) is 0 Å². The van der Waals surface area contributed by atoms with Gasteiger partial charge in [0.1, 0.15) is 12.4 Å². The van der Waals surface area contributed by atoms with Gasteiger partial charge in [0, 0.05) is 11.3 Å². The lowest BCUT2D eigenvalue weighted by Gasteiger charge is -2.12. The van der Waals surface area contributed by atoms with Crippen LogP contribution in [-0.2, 0) is 16.2 Å². The summed E-state index contributed by atoms with van der Waals surface area (Å²) in [7, 11) is 1.45. The van der Waals surface area contributed by atoms with Gasteiger partial charge in [-0.2, -0.15) is 5.10 Å². The van der Waals surface area contributed by atoms with Crippen molar-refractivity contribution in [3.63, 3.8) is 0 Å². The van der Waals surface area contributed by atoms with E-state index >= 15 is 0 Å². The van der Waals surface area contributed by atoms with Gasteiger partial charge in [-0.15, -0.1) is 0 Å². The average molecular weight is 470 g/mol. The maximum absolute atomic E-state index is 13.9. The molecule has 0 radical (unpaired) electrons. The smallest absolute Gasteiger partial charge is 0.329 e. The van der Waals surface area contributed by atoms with Crippen molar-refractivity contribution in [2.24, 2.45) is 5.10 Å². The number of carbonyl (C=O) groups excluding carboxylic acids is 2. The molecular weight excluding hydrogens is 449 g/mol. The van der Waals surface area contributed by atoms with Crippen LogP contribution in [0.3, 0.4) is 0 Å². The van der Waals surface area contributed by atoms with Crippen molar-refractivity contribution in [2.45, 2.75) is 13.5 Å². The molecule has 0 aromatic heterocycles. The first-order valence-corrected chi connectivity index (χ1v) is 10.2. The third-order valence-corrected chi connectivity index (χ3v) is 4.87. The molecule has 3 aromatic carbocycles. The molecule has 0 aliphatic carbocycles. The van der Waals surface area contributed by atoms with E-state index in [1.54, 1.807) is 36.4 Å². The first-order valence-electron chi connectivity index (χ1n) is 9.82. The minimum Gasteiger partial charge on any atom is -0.493 e. The number of ether oxygens (including phenoxy) is 2. The van der Waals surface area contributed by atoms with Crippen molar-refractivity contribution in [3.05, 3.63) is 88.2 Å². The summed E-state index contributed by atoms with van der Waals surface area (Å²) < 4.78 is 24.9. The highest BCUT2D eigenvalue weighted by atomic mass is 35.5. The molecule has 7 nitrogen and oxygen atoms in total. The second-order valence-corrected chi connectivity index (χ2v) is 7.33. The van der Waals surface area contributed by atoms with Crippen LogP contribution in [0.1, 0.15) is 16.7 Å². The molecule has 0 saturated heterocycles. The first kappa shape index (κ1) is 23.7. The lowest BCUT2D eigenvalue weighted by Crippen LogP contribution is -2.32. The van der Waals surface area contributed by atoms with E-state index in [1.807, 2.05) is 19.1 Å². The summed E-state index contributed by atoms with van der Waals surface area (Å²) in [6.45, 7) is 1.83. The SMILES string of the molecule is COc1cc(/C=N/NC(=O)C(=O)Nc2ccc(C)cc2)ccc1OCc1c(F)cccc1Cl. The monoisotopic (exact) mass is 469 g/mol. The number of hydrazone groups is 1. The number of nitrogens with one attached hydrogen (secondary N) is 2. The molecule has 3 rings (SSSR count). The largest absolute Gasteiger partial charge is 0.493 e. The van der Waals surface area contributed by atoms with Crippen molar-refractivity contribution < 1.29 is 23.5 Å². The van der Waals surface area contributed by atoms with Crippen molar-refractivity contribution in [2.75, 3.05) is 12.4 Å². The summed E-state index contributed by atoms with van der Waals surface area (Å²) in [5.74, 6) is -1.48. The number of nitrogens with zero attached hydrogens (tertiary/aromatic N) is 1. The Kier molecular flexibility index (Phi) is 7.99. The van der Waals surface area contributed by atoms with E-state index in [0.29, 0.717) is 22.7 Å². The number of anilines is 1. The maximum Gasteiger partial charge on any atom is 0.329 e. The van der Waals surface area contributed by atoms with Gasteiger partial charge in [-0.05, 0) is 55.0 Å². The molecular formula is C24H21ClFN3O4. The summed E-state index contributed by atoms with van der Waals surface area (Å²) >= 11 is 6.02. The molecule has 3 aromatic rings. The number of methoxy groups -OCH3 is 1. The molecule has 33 heavy (non-hydrogen) atoms. The summed E-state index contributed by atoms with van der Waals surface area (Å²) in [5.41, 5.74) is 4.50. The highest BCUT2D eigenvalue weighted by Crippen LogP contribution is 2.29. The second kappa shape index (κ2) is 11.1. The van der Waals surface area contributed by atoms with Crippen LogP contribution in [0, 0.1) is 12.7 Å². The second-order valence-electron chi connectivity index (χ2n) is 6.92. The molecule has 9 heteroatoms. The molecule has 0 unspecified atom stereocenters. The average Bonchev–Trinajstić information content (AvgIpc) is 2.80. The maximum atomic E-state index is 13.9. The Hall–Kier alpha value is -3.91. The number of carbonyl (C=O) groups is 2. The molecule has 0 aliphatic heterocycles. The summed E-state index contributed by atoms with van der Waals surface area (Å²) in [5, 5.41) is 6.54. The fourth-order valence-corrected chi connectivity index (χ4v) is 2.96. The van der Waals surface area contributed by atoms with Gasteiger partial charge in [-0.1, -0.05) is 35.4 Å². The van der Waals surface area contributed by atoms with E-state index in [1.165, 1.54) is 25.5 Å². The number of aryl methyl sites for hydroxylation is 1. The molecule has 0 fully saturated rings.